The molecule has 0 aliphatic carbocycles. The van der Waals surface area contributed by atoms with Crippen molar-refractivity contribution in [3.8, 4) is 0 Å². The van der Waals surface area contributed by atoms with Gasteiger partial charge in [-0.15, -0.1) is 0 Å². The van der Waals surface area contributed by atoms with E-state index < -0.39 is 105 Å². The van der Waals surface area contributed by atoms with Gasteiger partial charge in [0, 0.05) is 70.1 Å². The van der Waals surface area contributed by atoms with Gasteiger partial charge in [-0.05, 0) is 0 Å². The second-order valence-corrected chi connectivity index (χ2v) is 14.4. The number of hydrogen-bond acceptors (Lipinski definition) is 6. The van der Waals surface area contributed by atoms with Crippen LogP contribution >= 0.6 is 0 Å². The van der Waals surface area contributed by atoms with Crippen LogP contribution in [0.2, 0.25) is 0 Å². The minimum absolute atomic E-state index is 0. The number of carbonyl (C=O) groups is 3. The van der Waals surface area contributed by atoms with E-state index in [1.165, 1.54) is 62.3 Å². The molecule has 0 aliphatic heterocycles. The molecule has 3 N–H and O–H groups in total. The van der Waals surface area contributed by atoms with Crippen molar-refractivity contribution in [1.29, 1.82) is 0 Å². The molecule has 0 fully saturated rings. The molecule has 28 heteroatoms. The summed E-state index contributed by atoms with van der Waals surface area (Å²) in [6, 6.07) is 0. The Kier molecular flexibility index (Phi) is 20.3. The van der Waals surface area contributed by atoms with E-state index in [0.29, 0.717) is 0 Å². The summed E-state index contributed by atoms with van der Waals surface area (Å²) in [6.45, 7) is 11.2. The number of rotatable bonds is 9. The molecule has 0 heterocycles. The van der Waals surface area contributed by atoms with Gasteiger partial charge in [0.2, 0.25) is 17.3 Å². The van der Waals surface area contributed by atoms with Gasteiger partial charge in [-0.2, -0.15) is 92.2 Å². The molecule has 0 aromatic heterocycles. The third-order valence-electron chi connectivity index (χ3n) is 6.29. The zero-order valence-electron chi connectivity index (χ0n) is 30.8. The minimum atomic E-state index is -6.59. The van der Waals surface area contributed by atoms with Crippen LogP contribution in [0.3, 0.4) is 0 Å². The molecular formula is C30H33F21LaO6. The zero-order valence-corrected chi connectivity index (χ0v) is 34.4. The molecule has 0 saturated carbocycles. The van der Waals surface area contributed by atoms with Crippen LogP contribution in [0.15, 0.2) is 35.5 Å². The summed E-state index contributed by atoms with van der Waals surface area (Å²) in [6.07, 6.45) is -20.7. The van der Waals surface area contributed by atoms with E-state index in [9.17, 15) is 107 Å². The number of carbonyl (C=O) groups excluding carboxylic acids is 3. The molecule has 0 amide bonds. The molecule has 339 valence electrons. The third-order valence-corrected chi connectivity index (χ3v) is 6.29. The van der Waals surface area contributed by atoms with Crippen LogP contribution < -0.4 is 0 Å². The molecule has 0 saturated heterocycles. The van der Waals surface area contributed by atoms with E-state index in [4.69, 9.17) is 15.3 Å². The van der Waals surface area contributed by atoms with E-state index in [0.717, 1.165) is 0 Å². The Labute approximate surface area is 342 Å². The molecule has 0 aliphatic rings. The number of allylic oxidation sites excluding steroid dienone is 6. The normalized spacial score (nSPS) is 15.3. The average Bonchev–Trinajstić information content (AvgIpc) is 2.93. The summed E-state index contributed by atoms with van der Waals surface area (Å²) in [7, 11) is 0. The van der Waals surface area contributed by atoms with Crippen LogP contribution in [0, 0.1) is 51.8 Å². The molecule has 1 radical (unpaired) electrons. The van der Waals surface area contributed by atoms with Crippen LogP contribution in [0.5, 0.6) is 0 Å². The predicted octanol–water partition coefficient (Wildman–Crippen LogP) is 11.6. The number of ketones is 3. The van der Waals surface area contributed by atoms with Gasteiger partial charge in [-0.1, -0.05) is 62.3 Å². The van der Waals surface area contributed by atoms with E-state index in [2.05, 4.69) is 0 Å². The second kappa shape index (κ2) is 19.0. The summed E-state index contributed by atoms with van der Waals surface area (Å²) in [5.74, 6) is -49.1. The van der Waals surface area contributed by atoms with E-state index in [-0.39, 0.29) is 53.8 Å². The number of hydrogen-bond donors (Lipinski definition) is 3. The van der Waals surface area contributed by atoms with Crippen molar-refractivity contribution in [2.45, 2.75) is 116 Å². The summed E-state index contributed by atoms with van der Waals surface area (Å²) >= 11 is 0. The van der Waals surface area contributed by atoms with Crippen LogP contribution in [0.25, 0.3) is 0 Å². The van der Waals surface area contributed by atoms with Gasteiger partial charge in [0.1, 0.15) is 17.3 Å². The van der Waals surface area contributed by atoms with E-state index >= 15 is 0 Å². The van der Waals surface area contributed by atoms with Crippen LogP contribution in [0.1, 0.15) is 62.3 Å². The van der Waals surface area contributed by atoms with Gasteiger partial charge in [0.25, 0.3) is 0 Å². The van der Waals surface area contributed by atoms with Gasteiger partial charge in [-0.3, -0.25) is 14.4 Å². The Bertz CT molecular complexity index is 1350. The molecule has 0 atom stereocenters. The standard InChI is InChI=1S/3C10H11F7O2.La/c3*1-7(2,3)5(18)4-6(19)8(11,12)9(13,14)10(15,16)17;/h3*4,18H,1-3H3;. The molecule has 0 aromatic carbocycles. The quantitative estimate of drug-likeness (QED) is 0.121. The van der Waals surface area contributed by atoms with Crippen LogP contribution in [0.4, 0.5) is 92.2 Å². The summed E-state index contributed by atoms with van der Waals surface area (Å²) in [5.41, 5.74) is -3.75. The SMILES string of the molecule is CC(C)(C)C(O)=CC(=O)C(F)(F)C(F)(F)C(F)(F)F.CC(C)(C)C(O)=CC(=O)C(F)(F)C(F)(F)C(F)(F)F.CC(C)(C)C(O)=CC(=O)C(F)(F)C(F)(F)C(F)(F)F.[La]. The molecule has 6 nitrogen and oxygen atoms in total. The van der Waals surface area contributed by atoms with Crippen molar-refractivity contribution < 1.29 is 158 Å². The van der Waals surface area contributed by atoms with Gasteiger partial charge in [0.05, 0.1) is 0 Å². The monoisotopic (exact) mass is 1030 g/mol. The molecule has 58 heavy (non-hydrogen) atoms. The summed E-state index contributed by atoms with van der Waals surface area (Å²) in [4.78, 5) is 32.5. The number of aliphatic hydroxyl groups is 3. The molecular weight excluding hydrogens is 994 g/mol. The van der Waals surface area contributed by atoms with Crippen molar-refractivity contribution >= 4 is 17.3 Å². The Morgan fingerprint density at radius 2 is 0.448 bits per heavy atom. The van der Waals surface area contributed by atoms with Gasteiger partial charge >= 0.3 is 54.1 Å². The van der Waals surface area contributed by atoms with Crippen LogP contribution in [-0.2, 0) is 14.4 Å². The predicted molar refractivity (Wildman–Crippen MR) is 153 cm³/mol. The summed E-state index contributed by atoms with van der Waals surface area (Å²) < 4.78 is 258. The van der Waals surface area contributed by atoms with E-state index in [1.54, 1.807) is 0 Å². The molecule has 0 rings (SSSR count). The average molecular weight is 1030 g/mol. The van der Waals surface area contributed by atoms with E-state index in [1.807, 2.05) is 0 Å². The largest absolute Gasteiger partial charge is 0.512 e. The fraction of sp³-hybridized carbons (Fsp3) is 0.700. The van der Waals surface area contributed by atoms with Crippen molar-refractivity contribution in [2.75, 3.05) is 0 Å². The first-order chi connectivity index (χ1) is 24.1. The fourth-order valence-corrected chi connectivity index (χ4v) is 2.29. The second-order valence-electron chi connectivity index (χ2n) is 14.4. The number of aliphatic hydroxyl groups excluding tert-OH is 3. The maximum Gasteiger partial charge on any atom is 0.460 e. The van der Waals surface area contributed by atoms with Crippen molar-refractivity contribution in [3.63, 3.8) is 0 Å². The fourth-order valence-electron chi connectivity index (χ4n) is 2.29. The first-order valence-electron chi connectivity index (χ1n) is 14.5. The first kappa shape index (κ1) is 62.0. The maximum absolute atomic E-state index is 12.9. The van der Waals surface area contributed by atoms with Gasteiger partial charge < -0.3 is 15.3 Å². The summed E-state index contributed by atoms with van der Waals surface area (Å²) in [5, 5.41) is 27.5. The molecule has 0 spiro atoms. The minimum Gasteiger partial charge on any atom is -0.512 e. The van der Waals surface area contributed by atoms with Crippen molar-refractivity contribution in [3.05, 3.63) is 35.5 Å². The third kappa shape index (κ3) is 14.8. The van der Waals surface area contributed by atoms with Crippen LogP contribution in [-0.4, -0.2) is 86.7 Å². The van der Waals surface area contributed by atoms with Gasteiger partial charge in [-0.25, -0.2) is 0 Å². The Morgan fingerprint density at radius 1 is 0.328 bits per heavy atom. The molecule has 0 unspecified atom stereocenters. The number of alkyl halides is 21. The van der Waals surface area contributed by atoms with Crippen molar-refractivity contribution in [1.82, 2.24) is 0 Å². The Morgan fingerprint density at radius 3 is 0.534 bits per heavy atom. The van der Waals surface area contributed by atoms with Crippen molar-refractivity contribution in [2.24, 2.45) is 16.2 Å². The van der Waals surface area contributed by atoms with Gasteiger partial charge in [0.15, 0.2) is 0 Å². The first-order valence-corrected chi connectivity index (χ1v) is 14.5. The topological polar surface area (TPSA) is 112 Å². The molecule has 0 aromatic rings. The molecule has 0 bridgehead atoms. The Balaban J connectivity index is -0.000000374. The zero-order chi connectivity index (χ0) is 47.6. The Hall–Kier alpha value is -2.65. The number of halogens is 21. The maximum atomic E-state index is 12.9. The smallest absolute Gasteiger partial charge is 0.460 e.